The summed E-state index contributed by atoms with van der Waals surface area (Å²) in [6, 6.07) is 2.90. The second-order valence-electron chi connectivity index (χ2n) is 1.42. The van der Waals surface area contributed by atoms with Crippen molar-refractivity contribution in [2.75, 3.05) is 0 Å². The number of nitrogens with zero attached hydrogens (tertiary/aromatic N) is 2. The molecule has 0 saturated heterocycles. The molecule has 0 saturated carbocycles. The summed E-state index contributed by atoms with van der Waals surface area (Å²) < 4.78 is 1.22. The Morgan fingerprint density at radius 3 is 3.00 bits per heavy atom. The van der Waals surface area contributed by atoms with Crippen LogP contribution in [0.2, 0.25) is 0 Å². The summed E-state index contributed by atoms with van der Waals surface area (Å²) in [7, 11) is 1.58. The first-order chi connectivity index (χ1) is 3.80. The Hall–Kier alpha value is -1.12. The maximum atomic E-state index is 10.5. The number of aromatic nitrogens is 2. The lowest BCUT2D eigenvalue weighted by Crippen LogP contribution is -2.16. The van der Waals surface area contributed by atoms with E-state index < -0.39 is 0 Å². The highest BCUT2D eigenvalue weighted by atomic mass is 16.1. The van der Waals surface area contributed by atoms with Gasteiger partial charge in [0.1, 0.15) is 6.20 Å². The average Bonchev–Trinajstić information content (AvgIpc) is 1.77. The molecule has 1 rings (SSSR count). The van der Waals surface area contributed by atoms with Gasteiger partial charge < -0.3 is 0 Å². The lowest BCUT2D eigenvalue weighted by atomic mass is 10.6. The maximum Gasteiger partial charge on any atom is 0.266 e. The van der Waals surface area contributed by atoms with Crippen molar-refractivity contribution in [1.82, 2.24) is 9.78 Å². The molecule has 1 aromatic heterocycles. The van der Waals surface area contributed by atoms with Crippen LogP contribution in [0.3, 0.4) is 0 Å². The summed E-state index contributed by atoms with van der Waals surface area (Å²) in [5.41, 5.74) is -0.108. The number of hydrogen-bond donors (Lipinski definition) is 0. The zero-order chi connectivity index (χ0) is 5.98. The second-order valence-corrected chi connectivity index (χ2v) is 1.42. The van der Waals surface area contributed by atoms with Crippen LogP contribution in [0.1, 0.15) is 0 Å². The van der Waals surface area contributed by atoms with Gasteiger partial charge in [0.25, 0.3) is 5.56 Å². The highest BCUT2D eigenvalue weighted by Gasteiger charge is 1.81. The minimum atomic E-state index is -0.108. The Bertz CT molecular complexity index is 228. The van der Waals surface area contributed by atoms with Gasteiger partial charge in [-0.3, -0.25) is 4.79 Å². The standard InChI is InChI=1S/C5H5N2O/c1-7-5(8)3-2-4-6-7/h2-3H,1H3. The van der Waals surface area contributed by atoms with Crippen LogP contribution in [-0.4, -0.2) is 9.78 Å². The van der Waals surface area contributed by atoms with Crippen LogP contribution in [0.25, 0.3) is 0 Å². The van der Waals surface area contributed by atoms with E-state index in [-0.39, 0.29) is 5.56 Å². The van der Waals surface area contributed by atoms with E-state index in [0.717, 1.165) is 0 Å². The molecule has 1 aromatic rings. The van der Waals surface area contributed by atoms with Gasteiger partial charge in [-0.25, -0.2) is 4.68 Å². The molecule has 0 N–H and O–H groups in total. The van der Waals surface area contributed by atoms with Gasteiger partial charge in [0.15, 0.2) is 0 Å². The van der Waals surface area contributed by atoms with E-state index in [0.29, 0.717) is 0 Å². The van der Waals surface area contributed by atoms with E-state index in [1.54, 1.807) is 7.05 Å². The van der Waals surface area contributed by atoms with Gasteiger partial charge in [-0.05, 0) is 6.07 Å². The summed E-state index contributed by atoms with van der Waals surface area (Å²) in [6.07, 6.45) is 2.51. The Balaban J connectivity index is 3.35. The number of rotatable bonds is 0. The Kier molecular flexibility index (Phi) is 1.12. The molecule has 1 radical (unpaired) electrons. The molecule has 0 aliphatic heterocycles. The van der Waals surface area contributed by atoms with Gasteiger partial charge in [0.2, 0.25) is 0 Å². The molecule has 0 fully saturated rings. The molecule has 0 unspecified atom stereocenters. The Morgan fingerprint density at radius 1 is 1.88 bits per heavy atom. The van der Waals surface area contributed by atoms with Crippen molar-refractivity contribution in [3.05, 3.63) is 28.7 Å². The topological polar surface area (TPSA) is 34.9 Å². The first-order valence-electron chi connectivity index (χ1n) is 2.21. The average molecular weight is 109 g/mol. The quantitative estimate of drug-likeness (QED) is 0.453. The van der Waals surface area contributed by atoms with Crippen LogP contribution in [0.5, 0.6) is 0 Å². The molecule has 0 aliphatic rings. The fraction of sp³-hybridized carbons (Fsp3) is 0.200. The maximum absolute atomic E-state index is 10.5. The molecule has 1 heterocycles. The van der Waals surface area contributed by atoms with Crippen molar-refractivity contribution in [2.45, 2.75) is 0 Å². The molecule has 0 bridgehead atoms. The highest BCUT2D eigenvalue weighted by molar-refractivity contribution is 4.82. The van der Waals surface area contributed by atoms with Gasteiger partial charge in [-0.2, -0.15) is 5.10 Å². The Morgan fingerprint density at radius 2 is 2.62 bits per heavy atom. The highest BCUT2D eigenvalue weighted by Crippen LogP contribution is 1.64. The van der Waals surface area contributed by atoms with Crippen LogP contribution in [0.15, 0.2) is 16.9 Å². The van der Waals surface area contributed by atoms with E-state index >= 15 is 0 Å². The normalized spacial score (nSPS) is 9.12. The van der Waals surface area contributed by atoms with Crippen molar-refractivity contribution in [3.63, 3.8) is 0 Å². The largest absolute Gasteiger partial charge is 0.268 e. The molecule has 3 nitrogen and oxygen atoms in total. The molecule has 0 amide bonds. The molecule has 0 aliphatic carbocycles. The monoisotopic (exact) mass is 109 g/mol. The lowest BCUT2D eigenvalue weighted by Gasteiger charge is -1.87. The molecule has 0 aromatic carbocycles. The minimum Gasteiger partial charge on any atom is -0.268 e. The lowest BCUT2D eigenvalue weighted by molar-refractivity contribution is 0.704. The van der Waals surface area contributed by atoms with Gasteiger partial charge in [0, 0.05) is 13.1 Å². The molecule has 41 valence electrons. The van der Waals surface area contributed by atoms with Crippen LogP contribution in [-0.2, 0) is 7.05 Å². The number of aryl methyl sites for hydroxylation is 1. The first kappa shape index (κ1) is 5.03. The first-order valence-corrected chi connectivity index (χ1v) is 2.21. The van der Waals surface area contributed by atoms with Crippen LogP contribution >= 0.6 is 0 Å². The molecule has 0 spiro atoms. The van der Waals surface area contributed by atoms with E-state index in [9.17, 15) is 4.79 Å². The summed E-state index contributed by atoms with van der Waals surface area (Å²) in [6.45, 7) is 0. The van der Waals surface area contributed by atoms with E-state index in [1.165, 1.54) is 16.8 Å². The summed E-state index contributed by atoms with van der Waals surface area (Å²) in [5, 5.41) is 3.56. The third-order valence-electron chi connectivity index (χ3n) is 0.827. The third kappa shape index (κ3) is 0.753. The molecular formula is C5H5N2O. The SMILES string of the molecule is Cn1n[c]ccc1=O. The van der Waals surface area contributed by atoms with Crippen LogP contribution < -0.4 is 5.56 Å². The number of hydrogen-bond acceptors (Lipinski definition) is 2. The predicted molar refractivity (Wildman–Crippen MR) is 28.3 cm³/mol. The smallest absolute Gasteiger partial charge is 0.266 e. The summed E-state index contributed by atoms with van der Waals surface area (Å²) >= 11 is 0. The fourth-order valence-corrected chi connectivity index (χ4v) is 0.386. The van der Waals surface area contributed by atoms with Crippen molar-refractivity contribution >= 4 is 0 Å². The van der Waals surface area contributed by atoms with Gasteiger partial charge in [-0.1, -0.05) is 0 Å². The van der Waals surface area contributed by atoms with Gasteiger partial charge in [-0.15, -0.1) is 0 Å². The van der Waals surface area contributed by atoms with Crippen molar-refractivity contribution in [3.8, 4) is 0 Å². The van der Waals surface area contributed by atoms with Crippen molar-refractivity contribution in [2.24, 2.45) is 7.05 Å². The summed E-state index contributed by atoms with van der Waals surface area (Å²) in [4.78, 5) is 10.5. The fourth-order valence-electron chi connectivity index (χ4n) is 0.386. The van der Waals surface area contributed by atoms with Crippen molar-refractivity contribution < 1.29 is 0 Å². The van der Waals surface area contributed by atoms with Crippen molar-refractivity contribution in [1.29, 1.82) is 0 Å². The van der Waals surface area contributed by atoms with Crippen LogP contribution in [0.4, 0.5) is 0 Å². The zero-order valence-corrected chi connectivity index (χ0v) is 4.46. The van der Waals surface area contributed by atoms with E-state index in [1.807, 2.05) is 0 Å². The van der Waals surface area contributed by atoms with Gasteiger partial charge in [0.05, 0.1) is 0 Å². The van der Waals surface area contributed by atoms with Gasteiger partial charge >= 0.3 is 0 Å². The second kappa shape index (κ2) is 1.78. The van der Waals surface area contributed by atoms with E-state index in [2.05, 4.69) is 11.3 Å². The van der Waals surface area contributed by atoms with Crippen LogP contribution in [0, 0.1) is 6.20 Å². The minimum absolute atomic E-state index is 0.108. The Labute approximate surface area is 46.6 Å². The van der Waals surface area contributed by atoms with E-state index in [4.69, 9.17) is 0 Å². The summed E-state index contributed by atoms with van der Waals surface area (Å²) in [5.74, 6) is 0. The molecule has 8 heavy (non-hydrogen) atoms. The molecular weight excluding hydrogens is 104 g/mol. The predicted octanol–water partition coefficient (Wildman–Crippen LogP) is -0.420. The third-order valence-corrected chi connectivity index (χ3v) is 0.827. The molecule has 0 atom stereocenters. The zero-order valence-electron chi connectivity index (χ0n) is 4.46. The molecule has 3 heteroatoms.